The van der Waals surface area contributed by atoms with E-state index in [9.17, 15) is 4.79 Å². The summed E-state index contributed by atoms with van der Waals surface area (Å²) < 4.78 is 5.16. The average molecular weight is 381 g/mol. The summed E-state index contributed by atoms with van der Waals surface area (Å²) in [5.74, 6) is 1.93. The van der Waals surface area contributed by atoms with Crippen LogP contribution in [0.5, 0.6) is 0 Å². The van der Waals surface area contributed by atoms with Gasteiger partial charge in [0, 0.05) is 26.2 Å². The van der Waals surface area contributed by atoms with Crippen LogP contribution in [-0.4, -0.2) is 74.1 Å². The minimum Gasteiger partial charge on any atom is -0.466 e. The van der Waals surface area contributed by atoms with E-state index in [1.54, 1.807) is 0 Å². The van der Waals surface area contributed by atoms with Crippen LogP contribution < -0.4 is 5.32 Å². The lowest BCUT2D eigenvalue weighted by molar-refractivity contribution is -0.149. The van der Waals surface area contributed by atoms with E-state index in [1.807, 2.05) is 6.92 Å². The van der Waals surface area contributed by atoms with E-state index in [0.29, 0.717) is 6.61 Å². The number of nitrogens with zero attached hydrogens (tertiary/aromatic N) is 3. The molecule has 0 bridgehead atoms. The number of rotatable bonds is 8. The third kappa shape index (κ3) is 7.68. The van der Waals surface area contributed by atoms with Gasteiger partial charge in [-0.25, -0.2) is 0 Å². The molecule has 0 amide bonds. The van der Waals surface area contributed by atoms with Crippen LogP contribution in [0.15, 0.2) is 4.99 Å². The van der Waals surface area contributed by atoms with Crippen LogP contribution in [0.25, 0.3) is 0 Å². The second-order valence-electron chi connectivity index (χ2n) is 7.98. The molecule has 0 unspecified atom stereocenters. The molecule has 2 rings (SSSR count). The molecule has 0 saturated carbocycles. The van der Waals surface area contributed by atoms with Crippen LogP contribution in [0.2, 0.25) is 0 Å². The summed E-state index contributed by atoms with van der Waals surface area (Å²) in [6.07, 6.45) is 6.78. The largest absolute Gasteiger partial charge is 0.466 e. The van der Waals surface area contributed by atoms with E-state index in [1.165, 1.54) is 38.9 Å². The fourth-order valence-corrected chi connectivity index (χ4v) is 3.93. The molecular formula is C21H40N4O2. The van der Waals surface area contributed by atoms with Crippen LogP contribution in [0.1, 0.15) is 59.3 Å². The zero-order valence-corrected chi connectivity index (χ0v) is 17.7. The molecule has 1 N–H and O–H groups in total. The average Bonchev–Trinajstić information content (AvgIpc) is 2.68. The summed E-state index contributed by atoms with van der Waals surface area (Å²) in [5, 5.41) is 3.42. The Morgan fingerprint density at radius 2 is 1.78 bits per heavy atom. The lowest BCUT2D eigenvalue weighted by Crippen LogP contribution is -2.46. The summed E-state index contributed by atoms with van der Waals surface area (Å²) in [5.41, 5.74) is 0. The normalized spacial score (nSPS) is 20.7. The maximum absolute atomic E-state index is 11.9. The molecule has 6 heteroatoms. The van der Waals surface area contributed by atoms with E-state index < -0.39 is 0 Å². The van der Waals surface area contributed by atoms with Gasteiger partial charge in [0.05, 0.1) is 12.5 Å². The van der Waals surface area contributed by atoms with E-state index in [4.69, 9.17) is 9.73 Å². The van der Waals surface area contributed by atoms with Crippen molar-refractivity contribution in [1.29, 1.82) is 0 Å². The predicted molar refractivity (Wildman–Crippen MR) is 111 cm³/mol. The topological polar surface area (TPSA) is 57.2 Å². The van der Waals surface area contributed by atoms with Gasteiger partial charge in [-0.1, -0.05) is 6.92 Å². The molecule has 0 radical (unpaired) electrons. The Labute approximate surface area is 165 Å². The van der Waals surface area contributed by atoms with Crippen molar-refractivity contribution in [2.24, 2.45) is 16.8 Å². The first-order valence-corrected chi connectivity index (χ1v) is 11.1. The van der Waals surface area contributed by atoms with Crippen molar-refractivity contribution in [3.63, 3.8) is 0 Å². The van der Waals surface area contributed by atoms with Gasteiger partial charge in [-0.15, -0.1) is 0 Å². The molecule has 2 aliphatic heterocycles. The minimum atomic E-state index is -0.0359. The molecule has 0 aromatic heterocycles. The zero-order valence-electron chi connectivity index (χ0n) is 17.7. The van der Waals surface area contributed by atoms with Crippen LogP contribution >= 0.6 is 0 Å². The van der Waals surface area contributed by atoms with E-state index in [0.717, 1.165) is 57.3 Å². The van der Waals surface area contributed by atoms with E-state index in [2.05, 4.69) is 29.0 Å². The predicted octanol–water partition coefficient (Wildman–Crippen LogP) is 2.74. The van der Waals surface area contributed by atoms with Crippen molar-refractivity contribution in [1.82, 2.24) is 15.1 Å². The number of carbonyl (C=O) groups excluding carboxylic acids is 1. The number of unbranched alkanes of at least 4 members (excludes halogenated alkanes) is 1. The number of hydrogen-bond acceptors (Lipinski definition) is 4. The molecule has 6 nitrogen and oxygen atoms in total. The van der Waals surface area contributed by atoms with Gasteiger partial charge in [-0.05, 0) is 77.9 Å². The van der Waals surface area contributed by atoms with E-state index in [-0.39, 0.29) is 11.9 Å². The van der Waals surface area contributed by atoms with Crippen molar-refractivity contribution in [2.75, 3.05) is 52.4 Å². The molecular weight excluding hydrogens is 340 g/mol. The van der Waals surface area contributed by atoms with Crippen molar-refractivity contribution >= 4 is 11.9 Å². The number of carbonyl (C=O) groups is 1. The van der Waals surface area contributed by atoms with Gasteiger partial charge in [0.15, 0.2) is 5.96 Å². The Kier molecular flexibility index (Phi) is 9.95. The summed E-state index contributed by atoms with van der Waals surface area (Å²) in [4.78, 5) is 21.6. The highest BCUT2D eigenvalue weighted by molar-refractivity contribution is 5.80. The van der Waals surface area contributed by atoms with Gasteiger partial charge in [0.25, 0.3) is 0 Å². The first kappa shape index (κ1) is 22.0. The molecule has 0 spiro atoms. The first-order chi connectivity index (χ1) is 13.1. The quantitative estimate of drug-likeness (QED) is 0.304. The van der Waals surface area contributed by atoms with Gasteiger partial charge in [0.2, 0.25) is 0 Å². The number of hydrogen-bond donors (Lipinski definition) is 1. The van der Waals surface area contributed by atoms with Crippen molar-refractivity contribution in [2.45, 2.75) is 59.3 Å². The molecule has 2 heterocycles. The molecule has 156 valence electrons. The molecule has 0 aromatic carbocycles. The maximum atomic E-state index is 11.9. The van der Waals surface area contributed by atoms with Crippen molar-refractivity contribution in [3.8, 4) is 0 Å². The summed E-state index contributed by atoms with van der Waals surface area (Å²) >= 11 is 0. The number of ether oxygens (including phenoxy) is 1. The second kappa shape index (κ2) is 12.2. The number of nitrogens with one attached hydrogen (secondary N) is 1. The van der Waals surface area contributed by atoms with Gasteiger partial charge >= 0.3 is 5.97 Å². The third-order valence-corrected chi connectivity index (χ3v) is 5.77. The number of esters is 1. The highest BCUT2D eigenvalue weighted by atomic mass is 16.5. The van der Waals surface area contributed by atoms with Gasteiger partial charge in [0.1, 0.15) is 0 Å². The van der Waals surface area contributed by atoms with Gasteiger partial charge in [-0.2, -0.15) is 0 Å². The molecule has 2 saturated heterocycles. The second-order valence-corrected chi connectivity index (χ2v) is 7.98. The Morgan fingerprint density at radius 3 is 2.41 bits per heavy atom. The fraction of sp³-hybridized carbons (Fsp3) is 0.905. The highest BCUT2D eigenvalue weighted by Crippen LogP contribution is 2.19. The molecule has 2 aliphatic rings. The SMILES string of the molecule is CCNC(=NCCCCN1CCC(C)CC1)N1CCC(C(=O)OCC)CC1. The zero-order chi connectivity index (χ0) is 19.5. The van der Waals surface area contributed by atoms with Crippen LogP contribution in [0.4, 0.5) is 0 Å². The monoisotopic (exact) mass is 380 g/mol. The molecule has 27 heavy (non-hydrogen) atoms. The van der Waals surface area contributed by atoms with Gasteiger partial charge in [-0.3, -0.25) is 9.79 Å². The molecule has 0 atom stereocenters. The Balaban J connectivity index is 1.68. The smallest absolute Gasteiger partial charge is 0.309 e. The lowest BCUT2D eigenvalue weighted by Gasteiger charge is -2.33. The van der Waals surface area contributed by atoms with Crippen LogP contribution in [-0.2, 0) is 9.53 Å². The number of likely N-dealkylation sites (tertiary alicyclic amines) is 2. The summed E-state index contributed by atoms with van der Waals surface area (Å²) in [6.45, 7) is 14.1. The van der Waals surface area contributed by atoms with Crippen LogP contribution in [0.3, 0.4) is 0 Å². The Morgan fingerprint density at radius 1 is 1.07 bits per heavy atom. The number of aliphatic imine (C=N–C) groups is 1. The number of guanidine groups is 1. The molecule has 0 aliphatic carbocycles. The minimum absolute atomic E-state index is 0.0359. The first-order valence-electron chi connectivity index (χ1n) is 11.1. The Hall–Kier alpha value is -1.30. The van der Waals surface area contributed by atoms with Gasteiger partial charge < -0.3 is 19.9 Å². The van der Waals surface area contributed by atoms with E-state index >= 15 is 0 Å². The lowest BCUT2D eigenvalue weighted by atomic mass is 9.97. The van der Waals surface area contributed by atoms with Crippen LogP contribution in [0, 0.1) is 11.8 Å². The summed E-state index contributed by atoms with van der Waals surface area (Å²) in [6, 6.07) is 0. The van der Waals surface area contributed by atoms with Crippen molar-refractivity contribution < 1.29 is 9.53 Å². The maximum Gasteiger partial charge on any atom is 0.309 e. The number of piperidine rings is 2. The standard InChI is InChI=1S/C21H40N4O2/c1-4-22-21(25-16-10-19(11-17-25)20(26)27-5-2)23-12-6-7-13-24-14-8-18(3)9-15-24/h18-19H,4-17H2,1-3H3,(H,22,23). The van der Waals surface area contributed by atoms with Crippen molar-refractivity contribution in [3.05, 3.63) is 0 Å². The summed E-state index contributed by atoms with van der Waals surface area (Å²) in [7, 11) is 0. The fourth-order valence-electron chi connectivity index (χ4n) is 3.93. The molecule has 0 aromatic rings. The Bertz CT molecular complexity index is 453. The molecule has 2 fully saturated rings. The third-order valence-electron chi connectivity index (χ3n) is 5.77. The highest BCUT2D eigenvalue weighted by Gasteiger charge is 2.27.